The number of hydrogen-bond acceptors (Lipinski definition) is 4. The lowest BCUT2D eigenvalue weighted by molar-refractivity contribution is -0.116. The molecule has 4 nitrogen and oxygen atoms in total. The highest BCUT2D eigenvalue weighted by Gasteiger charge is 2.24. The number of rotatable bonds is 4. The molecule has 1 amide bonds. The summed E-state index contributed by atoms with van der Waals surface area (Å²) in [6, 6.07) is 6.18. The first-order valence-corrected chi connectivity index (χ1v) is 7.45. The minimum atomic E-state index is 0.0266. The smallest absolute Gasteiger partial charge is 0.237 e. The Labute approximate surface area is 118 Å². The van der Waals surface area contributed by atoms with Gasteiger partial charge in [-0.05, 0) is 38.7 Å². The highest BCUT2D eigenvalue weighted by atomic mass is 32.2. The molecule has 1 heterocycles. The molecule has 1 aliphatic heterocycles. The number of amides is 1. The predicted octanol–water partition coefficient (Wildman–Crippen LogP) is 1.71. The number of anilines is 1. The van der Waals surface area contributed by atoms with Crippen LogP contribution in [-0.4, -0.2) is 43.7 Å². The predicted molar refractivity (Wildman–Crippen MR) is 80.7 cm³/mol. The monoisotopic (exact) mass is 279 g/mol. The molecule has 0 saturated heterocycles. The van der Waals surface area contributed by atoms with E-state index in [9.17, 15) is 4.79 Å². The van der Waals surface area contributed by atoms with Crippen LogP contribution < -0.4 is 10.6 Å². The number of nitrogens with zero attached hydrogens (tertiary/aromatic N) is 2. The Morgan fingerprint density at radius 2 is 2.21 bits per heavy atom. The van der Waals surface area contributed by atoms with Gasteiger partial charge in [-0.15, -0.1) is 11.8 Å². The highest BCUT2D eigenvalue weighted by Crippen LogP contribution is 2.36. The SMILES string of the molecule is CC(N)c1ccc2c(c1)SCC(=O)N2CCN(C)C. The molecule has 0 aliphatic carbocycles. The van der Waals surface area contributed by atoms with Gasteiger partial charge in [0.25, 0.3) is 0 Å². The minimum absolute atomic E-state index is 0.0266. The van der Waals surface area contributed by atoms with Gasteiger partial charge in [0.15, 0.2) is 0 Å². The van der Waals surface area contributed by atoms with E-state index >= 15 is 0 Å². The fraction of sp³-hybridized carbons (Fsp3) is 0.500. The molecule has 19 heavy (non-hydrogen) atoms. The molecule has 1 aromatic rings. The van der Waals surface area contributed by atoms with Gasteiger partial charge >= 0.3 is 0 Å². The van der Waals surface area contributed by atoms with E-state index in [0.29, 0.717) is 5.75 Å². The fourth-order valence-electron chi connectivity index (χ4n) is 2.05. The third-order valence-corrected chi connectivity index (χ3v) is 4.25. The second-order valence-electron chi connectivity index (χ2n) is 5.15. The maximum atomic E-state index is 12.1. The third kappa shape index (κ3) is 3.29. The zero-order valence-corrected chi connectivity index (χ0v) is 12.5. The first-order valence-electron chi connectivity index (χ1n) is 6.46. The Balaban J connectivity index is 2.26. The van der Waals surface area contributed by atoms with Gasteiger partial charge in [0, 0.05) is 24.0 Å². The van der Waals surface area contributed by atoms with E-state index in [1.165, 1.54) is 0 Å². The Morgan fingerprint density at radius 1 is 1.47 bits per heavy atom. The van der Waals surface area contributed by atoms with Crippen molar-refractivity contribution in [3.05, 3.63) is 23.8 Å². The Hall–Kier alpha value is -1.04. The number of hydrogen-bond donors (Lipinski definition) is 1. The summed E-state index contributed by atoms with van der Waals surface area (Å²) in [7, 11) is 4.03. The number of fused-ring (bicyclic) bond motifs is 1. The highest BCUT2D eigenvalue weighted by molar-refractivity contribution is 8.00. The standard InChI is InChI=1S/C14H21N3OS/c1-10(15)11-4-5-12-13(8-11)19-9-14(18)17(12)7-6-16(2)3/h4-5,8,10H,6-7,9,15H2,1-3H3. The van der Waals surface area contributed by atoms with Crippen molar-refractivity contribution in [3.63, 3.8) is 0 Å². The zero-order chi connectivity index (χ0) is 14.0. The van der Waals surface area contributed by atoms with E-state index in [1.807, 2.05) is 38.1 Å². The average Bonchev–Trinajstić information content (AvgIpc) is 2.36. The molecule has 0 saturated carbocycles. The van der Waals surface area contributed by atoms with Crippen molar-refractivity contribution in [3.8, 4) is 0 Å². The molecular formula is C14H21N3OS. The van der Waals surface area contributed by atoms with E-state index in [2.05, 4.69) is 11.0 Å². The van der Waals surface area contributed by atoms with Crippen LogP contribution in [0.15, 0.2) is 23.1 Å². The van der Waals surface area contributed by atoms with Gasteiger partial charge in [-0.1, -0.05) is 6.07 Å². The van der Waals surface area contributed by atoms with Crippen molar-refractivity contribution in [1.82, 2.24) is 4.90 Å². The van der Waals surface area contributed by atoms with Crippen molar-refractivity contribution in [2.75, 3.05) is 37.8 Å². The first-order chi connectivity index (χ1) is 8.99. The molecule has 104 valence electrons. The van der Waals surface area contributed by atoms with Gasteiger partial charge in [-0.3, -0.25) is 4.79 Å². The van der Waals surface area contributed by atoms with E-state index in [4.69, 9.17) is 5.73 Å². The van der Waals surface area contributed by atoms with E-state index in [-0.39, 0.29) is 11.9 Å². The van der Waals surface area contributed by atoms with Crippen molar-refractivity contribution in [2.24, 2.45) is 5.73 Å². The molecule has 1 unspecified atom stereocenters. The maximum Gasteiger partial charge on any atom is 0.237 e. The molecule has 5 heteroatoms. The van der Waals surface area contributed by atoms with Crippen LogP contribution in [0, 0.1) is 0 Å². The third-order valence-electron chi connectivity index (χ3n) is 3.22. The van der Waals surface area contributed by atoms with Gasteiger partial charge in [0.2, 0.25) is 5.91 Å². The Bertz CT molecular complexity index is 474. The molecule has 0 bridgehead atoms. The molecule has 1 atom stereocenters. The van der Waals surface area contributed by atoms with E-state index < -0.39 is 0 Å². The van der Waals surface area contributed by atoms with Crippen molar-refractivity contribution in [2.45, 2.75) is 17.9 Å². The normalized spacial score (nSPS) is 16.7. The number of carbonyl (C=O) groups excluding carboxylic acids is 1. The molecule has 0 fully saturated rings. The van der Waals surface area contributed by atoms with E-state index in [0.717, 1.165) is 29.2 Å². The Kier molecular flexibility index (Phi) is 4.50. The number of nitrogens with two attached hydrogens (primary N) is 1. The molecule has 0 spiro atoms. The molecule has 1 aromatic carbocycles. The van der Waals surface area contributed by atoms with Gasteiger partial charge in [0.1, 0.15) is 0 Å². The van der Waals surface area contributed by atoms with Crippen LogP contribution in [-0.2, 0) is 4.79 Å². The van der Waals surface area contributed by atoms with Crippen LogP contribution in [0.25, 0.3) is 0 Å². The van der Waals surface area contributed by atoms with Crippen LogP contribution >= 0.6 is 11.8 Å². The molecule has 2 N–H and O–H groups in total. The van der Waals surface area contributed by atoms with Gasteiger partial charge in [0.05, 0.1) is 11.4 Å². The lowest BCUT2D eigenvalue weighted by Crippen LogP contribution is -2.39. The fourth-order valence-corrected chi connectivity index (χ4v) is 3.03. The summed E-state index contributed by atoms with van der Waals surface area (Å²) in [5.41, 5.74) is 8.05. The van der Waals surface area contributed by atoms with Crippen molar-refractivity contribution < 1.29 is 4.79 Å². The lowest BCUT2D eigenvalue weighted by Gasteiger charge is -2.30. The minimum Gasteiger partial charge on any atom is -0.324 e. The van der Waals surface area contributed by atoms with Crippen LogP contribution in [0.1, 0.15) is 18.5 Å². The first kappa shape index (κ1) is 14.4. The number of likely N-dealkylation sites (N-methyl/N-ethyl adjacent to an activating group) is 1. The molecule has 1 aliphatic rings. The summed E-state index contributed by atoms with van der Waals surface area (Å²) in [5, 5.41) is 0. The second-order valence-corrected chi connectivity index (χ2v) is 6.17. The van der Waals surface area contributed by atoms with E-state index in [1.54, 1.807) is 11.8 Å². The van der Waals surface area contributed by atoms with Crippen molar-refractivity contribution >= 4 is 23.4 Å². The number of benzene rings is 1. The van der Waals surface area contributed by atoms with Gasteiger partial charge < -0.3 is 15.5 Å². The second kappa shape index (κ2) is 5.94. The van der Waals surface area contributed by atoms with Crippen LogP contribution in [0.4, 0.5) is 5.69 Å². The summed E-state index contributed by atoms with van der Waals surface area (Å²) in [5.74, 6) is 0.705. The Morgan fingerprint density at radius 3 is 2.84 bits per heavy atom. The van der Waals surface area contributed by atoms with Crippen LogP contribution in [0.3, 0.4) is 0 Å². The summed E-state index contributed by atoms with van der Waals surface area (Å²) in [6.45, 7) is 3.58. The van der Waals surface area contributed by atoms with Crippen LogP contribution in [0.5, 0.6) is 0 Å². The number of thioether (sulfide) groups is 1. The topological polar surface area (TPSA) is 49.6 Å². The van der Waals surface area contributed by atoms with Crippen molar-refractivity contribution in [1.29, 1.82) is 0 Å². The summed E-state index contributed by atoms with van der Waals surface area (Å²) in [6.07, 6.45) is 0. The van der Waals surface area contributed by atoms with Gasteiger partial charge in [-0.25, -0.2) is 0 Å². The van der Waals surface area contributed by atoms with Gasteiger partial charge in [-0.2, -0.15) is 0 Å². The zero-order valence-electron chi connectivity index (χ0n) is 11.7. The largest absolute Gasteiger partial charge is 0.324 e. The molecular weight excluding hydrogens is 258 g/mol. The molecule has 2 rings (SSSR count). The molecule has 0 radical (unpaired) electrons. The summed E-state index contributed by atoms with van der Waals surface area (Å²) in [4.78, 5) is 17.2. The van der Waals surface area contributed by atoms with Crippen LogP contribution in [0.2, 0.25) is 0 Å². The lowest BCUT2D eigenvalue weighted by atomic mass is 10.1. The molecule has 0 aromatic heterocycles. The average molecular weight is 279 g/mol. The quantitative estimate of drug-likeness (QED) is 0.911. The number of carbonyl (C=O) groups is 1. The summed E-state index contributed by atoms with van der Waals surface area (Å²) < 4.78 is 0. The summed E-state index contributed by atoms with van der Waals surface area (Å²) >= 11 is 1.61. The maximum absolute atomic E-state index is 12.1.